The third-order valence-corrected chi connectivity index (χ3v) is 4.71. The van der Waals surface area contributed by atoms with Crippen molar-refractivity contribution < 1.29 is 19.9 Å². The maximum absolute atomic E-state index is 11.2. The standard InChI is InChI=1S/C14H14N2O5S2/c1-2-3-7-4-11-9(6-10(7)16(20)21)15-13(23-11)8(14(19)22)5-12(17)18/h4,6,8H,2-3,5H2,1H3,(H,17,18)(H,19,22). The first kappa shape index (κ1) is 17.2. The number of nitro benzene ring substituents is 1. The molecule has 0 amide bonds. The van der Waals surface area contributed by atoms with E-state index in [2.05, 4.69) is 4.98 Å². The fourth-order valence-electron chi connectivity index (χ4n) is 2.27. The highest BCUT2D eigenvalue weighted by molar-refractivity contribution is 7.80. The number of hydrogen-bond acceptors (Lipinski definition) is 6. The van der Waals surface area contributed by atoms with E-state index >= 15 is 0 Å². The Labute approximate surface area is 140 Å². The zero-order valence-corrected chi connectivity index (χ0v) is 13.8. The van der Waals surface area contributed by atoms with Crippen LogP contribution in [0.25, 0.3) is 10.2 Å². The fourth-order valence-corrected chi connectivity index (χ4v) is 3.65. The summed E-state index contributed by atoms with van der Waals surface area (Å²) in [6.45, 7) is 1.93. The number of thiocarbonyl (C=S) groups is 1. The largest absolute Gasteiger partial charge is 0.501 e. The van der Waals surface area contributed by atoms with Gasteiger partial charge in [0.05, 0.1) is 27.5 Å². The molecular formula is C14H14N2O5S2. The van der Waals surface area contributed by atoms with Crippen LogP contribution in [0.2, 0.25) is 0 Å². The summed E-state index contributed by atoms with van der Waals surface area (Å²) in [6, 6.07) is 3.09. The lowest BCUT2D eigenvalue weighted by Gasteiger charge is -2.07. The minimum absolute atomic E-state index is 0.00226. The summed E-state index contributed by atoms with van der Waals surface area (Å²) in [4.78, 5) is 25.9. The number of hydrogen-bond donors (Lipinski definition) is 2. The number of benzene rings is 1. The average Bonchev–Trinajstić information content (AvgIpc) is 2.86. The van der Waals surface area contributed by atoms with Gasteiger partial charge >= 0.3 is 5.97 Å². The van der Waals surface area contributed by atoms with Gasteiger partial charge in [0.25, 0.3) is 5.69 Å². The van der Waals surface area contributed by atoms with Crippen molar-refractivity contribution in [2.45, 2.75) is 32.1 Å². The van der Waals surface area contributed by atoms with Crippen LogP contribution in [-0.4, -0.2) is 31.1 Å². The first-order valence-electron chi connectivity index (χ1n) is 6.85. The van der Waals surface area contributed by atoms with Gasteiger partial charge in [0.1, 0.15) is 5.01 Å². The predicted octanol–water partition coefficient (Wildman–Crippen LogP) is 3.60. The second-order valence-electron chi connectivity index (χ2n) is 5.00. The van der Waals surface area contributed by atoms with Crippen molar-refractivity contribution in [1.29, 1.82) is 0 Å². The van der Waals surface area contributed by atoms with E-state index in [0.29, 0.717) is 27.2 Å². The number of aliphatic carboxylic acids is 1. The van der Waals surface area contributed by atoms with E-state index < -0.39 is 21.9 Å². The summed E-state index contributed by atoms with van der Waals surface area (Å²) in [5.74, 6) is -2.00. The third kappa shape index (κ3) is 3.80. The molecule has 2 N–H and O–H groups in total. The minimum Gasteiger partial charge on any atom is -0.501 e. The summed E-state index contributed by atoms with van der Waals surface area (Å²) in [5, 5.41) is 29.5. The van der Waals surface area contributed by atoms with Crippen molar-refractivity contribution in [1.82, 2.24) is 4.98 Å². The Balaban J connectivity index is 2.54. The van der Waals surface area contributed by atoms with E-state index in [4.69, 9.17) is 17.3 Å². The molecule has 0 spiro atoms. The number of aliphatic hydroxyl groups is 1. The molecule has 9 heteroatoms. The smallest absolute Gasteiger partial charge is 0.304 e. The number of carboxylic acids is 1. The highest BCUT2D eigenvalue weighted by Gasteiger charge is 2.25. The lowest BCUT2D eigenvalue weighted by atomic mass is 10.1. The Morgan fingerprint density at radius 2 is 2.17 bits per heavy atom. The van der Waals surface area contributed by atoms with Crippen molar-refractivity contribution >= 4 is 50.5 Å². The maximum atomic E-state index is 11.2. The van der Waals surface area contributed by atoms with Crippen LogP contribution in [0.5, 0.6) is 0 Å². The Kier molecular flexibility index (Phi) is 5.22. The number of carboxylic acid groups (broad SMARTS) is 1. The lowest BCUT2D eigenvalue weighted by Crippen LogP contribution is -2.14. The highest BCUT2D eigenvalue weighted by Crippen LogP contribution is 2.34. The average molecular weight is 354 g/mol. The molecule has 0 radical (unpaired) electrons. The van der Waals surface area contributed by atoms with E-state index in [1.807, 2.05) is 6.92 Å². The molecular weight excluding hydrogens is 340 g/mol. The maximum Gasteiger partial charge on any atom is 0.304 e. The van der Waals surface area contributed by atoms with Gasteiger partial charge < -0.3 is 10.2 Å². The quantitative estimate of drug-likeness (QED) is 0.443. The second-order valence-corrected chi connectivity index (χ2v) is 6.48. The number of aromatic nitrogens is 1. The van der Waals surface area contributed by atoms with E-state index in [9.17, 15) is 20.0 Å². The molecule has 0 aliphatic heterocycles. The Bertz CT molecular complexity index is 787. The van der Waals surface area contributed by atoms with Crippen molar-refractivity contribution in [3.63, 3.8) is 0 Å². The van der Waals surface area contributed by atoms with Crippen LogP contribution in [0.15, 0.2) is 12.1 Å². The number of aliphatic hydroxyl groups excluding tert-OH is 1. The molecule has 0 bridgehead atoms. The van der Waals surface area contributed by atoms with Crippen LogP contribution < -0.4 is 0 Å². The molecule has 1 unspecified atom stereocenters. The molecule has 0 fully saturated rings. The van der Waals surface area contributed by atoms with Crippen molar-refractivity contribution in [3.05, 3.63) is 32.8 Å². The molecule has 7 nitrogen and oxygen atoms in total. The number of thiazole rings is 1. The van der Waals surface area contributed by atoms with Crippen LogP contribution in [0.4, 0.5) is 5.69 Å². The highest BCUT2D eigenvalue weighted by atomic mass is 32.1. The molecule has 1 aromatic carbocycles. The van der Waals surface area contributed by atoms with Crippen LogP contribution in [0.1, 0.15) is 36.3 Å². The Morgan fingerprint density at radius 1 is 1.48 bits per heavy atom. The zero-order chi connectivity index (χ0) is 17.1. The molecule has 0 aliphatic rings. The first-order chi connectivity index (χ1) is 10.8. The number of fused-ring (bicyclic) bond motifs is 1. The molecule has 2 aromatic rings. The number of rotatable bonds is 7. The van der Waals surface area contributed by atoms with Gasteiger partial charge in [0.2, 0.25) is 0 Å². The van der Waals surface area contributed by atoms with Gasteiger partial charge in [-0.15, -0.1) is 11.3 Å². The number of nitro groups is 1. The van der Waals surface area contributed by atoms with Crippen LogP contribution in [0.3, 0.4) is 0 Å². The van der Waals surface area contributed by atoms with Gasteiger partial charge in [-0.2, -0.15) is 0 Å². The molecule has 2 rings (SSSR count). The summed E-state index contributed by atoms with van der Waals surface area (Å²) in [7, 11) is 0. The molecule has 1 aromatic heterocycles. The molecule has 0 saturated carbocycles. The summed E-state index contributed by atoms with van der Waals surface area (Å²) >= 11 is 5.90. The lowest BCUT2D eigenvalue weighted by molar-refractivity contribution is -0.385. The third-order valence-electron chi connectivity index (χ3n) is 3.30. The van der Waals surface area contributed by atoms with Gasteiger partial charge in [-0.1, -0.05) is 13.3 Å². The van der Waals surface area contributed by atoms with Gasteiger partial charge in [-0.25, -0.2) is 4.98 Å². The fraction of sp³-hybridized carbons (Fsp3) is 0.357. The van der Waals surface area contributed by atoms with E-state index in [1.165, 1.54) is 17.4 Å². The van der Waals surface area contributed by atoms with Gasteiger partial charge in [0.15, 0.2) is 5.05 Å². The van der Waals surface area contributed by atoms with Gasteiger partial charge in [-0.3, -0.25) is 14.9 Å². The molecule has 1 heterocycles. The molecule has 23 heavy (non-hydrogen) atoms. The molecule has 122 valence electrons. The number of carbonyl (C=O) groups is 1. The Hall–Kier alpha value is -2.13. The van der Waals surface area contributed by atoms with Crippen molar-refractivity contribution in [3.8, 4) is 0 Å². The minimum atomic E-state index is -1.11. The van der Waals surface area contributed by atoms with E-state index in [-0.39, 0.29) is 12.1 Å². The zero-order valence-electron chi connectivity index (χ0n) is 12.2. The van der Waals surface area contributed by atoms with Crippen molar-refractivity contribution in [2.24, 2.45) is 0 Å². The van der Waals surface area contributed by atoms with E-state index in [0.717, 1.165) is 6.42 Å². The van der Waals surface area contributed by atoms with Crippen molar-refractivity contribution in [2.75, 3.05) is 0 Å². The van der Waals surface area contributed by atoms with Crippen LogP contribution in [0, 0.1) is 10.1 Å². The summed E-state index contributed by atoms with van der Waals surface area (Å²) < 4.78 is 0.709. The van der Waals surface area contributed by atoms with E-state index in [1.54, 1.807) is 6.07 Å². The SMILES string of the molecule is CCCc1cc2sc(C(CC(=O)O)C(O)=S)nc2cc1[N+](=O)[O-]. The molecule has 0 aliphatic carbocycles. The Morgan fingerprint density at radius 3 is 2.70 bits per heavy atom. The number of aryl methyl sites for hydroxylation is 1. The number of nitrogens with zero attached hydrogens (tertiary/aromatic N) is 2. The van der Waals surface area contributed by atoms with Crippen LogP contribution in [-0.2, 0) is 11.2 Å². The van der Waals surface area contributed by atoms with Crippen LogP contribution >= 0.6 is 23.6 Å². The molecule has 1 atom stereocenters. The normalized spacial score (nSPS) is 12.2. The monoisotopic (exact) mass is 354 g/mol. The predicted molar refractivity (Wildman–Crippen MR) is 90.5 cm³/mol. The molecule has 0 saturated heterocycles. The first-order valence-corrected chi connectivity index (χ1v) is 8.08. The topological polar surface area (TPSA) is 114 Å². The summed E-state index contributed by atoms with van der Waals surface area (Å²) in [6.07, 6.45) is 0.954. The second kappa shape index (κ2) is 6.97. The summed E-state index contributed by atoms with van der Waals surface area (Å²) in [5.41, 5.74) is 1.02. The van der Waals surface area contributed by atoms with Gasteiger partial charge in [-0.05, 0) is 24.7 Å². The van der Waals surface area contributed by atoms with Gasteiger partial charge in [0, 0.05) is 11.6 Å².